The van der Waals surface area contributed by atoms with Crippen LogP contribution < -0.4 is 5.32 Å². The third kappa shape index (κ3) is 3.71. The monoisotopic (exact) mass is 300 g/mol. The minimum absolute atomic E-state index is 0.0946. The molecule has 1 aliphatic heterocycles. The molecule has 21 heavy (non-hydrogen) atoms. The lowest BCUT2D eigenvalue weighted by Crippen LogP contribution is -2.27. The lowest BCUT2D eigenvalue weighted by Gasteiger charge is -2.23. The van der Waals surface area contributed by atoms with E-state index in [0.717, 1.165) is 18.8 Å². The smallest absolute Gasteiger partial charge is 0.225 e. The van der Waals surface area contributed by atoms with Crippen molar-refractivity contribution in [2.45, 2.75) is 25.3 Å². The van der Waals surface area contributed by atoms with Crippen molar-refractivity contribution in [1.29, 1.82) is 0 Å². The molecule has 0 aliphatic carbocycles. The Morgan fingerprint density at radius 2 is 2.14 bits per heavy atom. The summed E-state index contributed by atoms with van der Waals surface area (Å²) in [6, 6.07) is 12.4. The molecule has 0 saturated carbocycles. The number of carbonyl (C=O) groups is 1. The molecule has 0 spiro atoms. The highest BCUT2D eigenvalue weighted by atomic mass is 32.1. The summed E-state index contributed by atoms with van der Waals surface area (Å²) in [5, 5.41) is 7.31. The number of amides is 1. The summed E-state index contributed by atoms with van der Waals surface area (Å²) in [7, 11) is 0. The van der Waals surface area contributed by atoms with Gasteiger partial charge < -0.3 is 5.32 Å². The summed E-state index contributed by atoms with van der Waals surface area (Å²) in [4.78, 5) is 14.5. The van der Waals surface area contributed by atoms with E-state index in [0.29, 0.717) is 12.5 Å². The second kappa shape index (κ2) is 6.87. The van der Waals surface area contributed by atoms with Crippen LogP contribution in [0.3, 0.4) is 0 Å². The molecule has 0 radical (unpaired) electrons. The minimum Gasteiger partial charge on any atom is -0.326 e. The average Bonchev–Trinajstić information content (AvgIpc) is 3.17. The van der Waals surface area contributed by atoms with Crippen LogP contribution in [-0.2, 0) is 4.79 Å². The molecule has 4 heteroatoms. The number of nitrogens with zero attached hydrogens (tertiary/aromatic N) is 1. The second-order valence-electron chi connectivity index (χ2n) is 5.41. The number of likely N-dealkylation sites (tertiary alicyclic amines) is 1. The predicted molar refractivity (Wildman–Crippen MR) is 87.6 cm³/mol. The van der Waals surface area contributed by atoms with Crippen LogP contribution in [0, 0.1) is 0 Å². The molecule has 1 saturated heterocycles. The quantitative estimate of drug-likeness (QED) is 0.908. The van der Waals surface area contributed by atoms with E-state index in [1.807, 2.05) is 30.3 Å². The van der Waals surface area contributed by atoms with Crippen LogP contribution in [0.4, 0.5) is 5.69 Å². The van der Waals surface area contributed by atoms with Gasteiger partial charge in [0, 0.05) is 24.7 Å². The van der Waals surface area contributed by atoms with Gasteiger partial charge in [0.1, 0.15) is 0 Å². The molecule has 3 rings (SSSR count). The van der Waals surface area contributed by atoms with Gasteiger partial charge in [-0.3, -0.25) is 9.69 Å². The van der Waals surface area contributed by atoms with Crippen molar-refractivity contribution < 1.29 is 4.79 Å². The first-order valence-corrected chi connectivity index (χ1v) is 8.38. The molecule has 3 nitrogen and oxygen atoms in total. The summed E-state index contributed by atoms with van der Waals surface area (Å²) in [6.07, 6.45) is 2.98. The Kier molecular flexibility index (Phi) is 4.68. The van der Waals surface area contributed by atoms with Crippen LogP contribution in [0.25, 0.3) is 0 Å². The van der Waals surface area contributed by atoms with Gasteiger partial charge in [0.05, 0.1) is 0 Å². The van der Waals surface area contributed by atoms with Crippen molar-refractivity contribution in [2.24, 2.45) is 0 Å². The predicted octanol–water partition coefficient (Wildman–Crippen LogP) is 3.91. The highest BCUT2D eigenvalue weighted by Gasteiger charge is 2.26. The molecule has 2 aromatic rings. The standard InChI is InChI=1S/C17H20N2OS/c20-17(18-15-5-2-1-3-6-15)8-11-19-10-4-7-16(19)14-9-12-21-13-14/h1-3,5-6,9,12-13,16H,4,7-8,10-11H2,(H,18,20). The van der Waals surface area contributed by atoms with E-state index in [1.54, 1.807) is 11.3 Å². The van der Waals surface area contributed by atoms with Crippen molar-refractivity contribution in [3.63, 3.8) is 0 Å². The van der Waals surface area contributed by atoms with Gasteiger partial charge in [-0.05, 0) is 53.9 Å². The molecular weight excluding hydrogens is 280 g/mol. The van der Waals surface area contributed by atoms with Gasteiger partial charge in [0.15, 0.2) is 0 Å². The lowest BCUT2D eigenvalue weighted by molar-refractivity contribution is -0.116. The highest BCUT2D eigenvalue weighted by Crippen LogP contribution is 2.32. The SMILES string of the molecule is O=C(CCN1CCCC1c1ccsc1)Nc1ccccc1. The number of rotatable bonds is 5. The van der Waals surface area contributed by atoms with E-state index < -0.39 is 0 Å². The fourth-order valence-corrected chi connectivity index (χ4v) is 3.63. The van der Waals surface area contributed by atoms with Gasteiger partial charge in [-0.1, -0.05) is 18.2 Å². The summed E-state index contributed by atoms with van der Waals surface area (Å²) < 4.78 is 0. The molecule has 2 heterocycles. The van der Waals surface area contributed by atoms with Crippen molar-refractivity contribution in [3.8, 4) is 0 Å². The van der Waals surface area contributed by atoms with Crippen molar-refractivity contribution >= 4 is 22.9 Å². The Morgan fingerprint density at radius 1 is 1.29 bits per heavy atom. The van der Waals surface area contributed by atoms with Gasteiger partial charge in [-0.25, -0.2) is 0 Å². The Hall–Kier alpha value is -1.65. The first kappa shape index (κ1) is 14.3. The number of anilines is 1. The van der Waals surface area contributed by atoms with E-state index in [2.05, 4.69) is 27.0 Å². The van der Waals surface area contributed by atoms with Gasteiger partial charge >= 0.3 is 0 Å². The average molecular weight is 300 g/mol. The minimum atomic E-state index is 0.0946. The van der Waals surface area contributed by atoms with Crippen LogP contribution in [-0.4, -0.2) is 23.9 Å². The number of nitrogens with one attached hydrogen (secondary N) is 1. The zero-order valence-corrected chi connectivity index (χ0v) is 12.8. The van der Waals surface area contributed by atoms with Crippen molar-refractivity contribution in [1.82, 2.24) is 4.90 Å². The maximum absolute atomic E-state index is 12.0. The normalized spacial score (nSPS) is 18.8. The molecule has 1 N–H and O–H groups in total. The topological polar surface area (TPSA) is 32.3 Å². The second-order valence-corrected chi connectivity index (χ2v) is 6.19. The zero-order chi connectivity index (χ0) is 14.5. The number of hydrogen-bond donors (Lipinski definition) is 1. The third-order valence-corrected chi connectivity index (χ3v) is 4.68. The third-order valence-electron chi connectivity index (χ3n) is 3.98. The summed E-state index contributed by atoms with van der Waals surface area (Å²) >= 11 is 1.75. The largest absolute Gasteiger partial charge is 0.326 e. The molecule has 0 bridgehead atoms. The van der Waals surface area contributed by atoms with E-state index >= 15 is 0 Å². The molecule has 110 valence electrons. The number of benzene rings is 1. The van der Waals surface area contributed by atoms with Crippen molar-refractivity contribution in [2.75, 3.05) is 18.4 Å². The first-order chi connectivity index (χ1) is 10.3. The lowest BCUT2D eigenvalue weighted by atomic mass is 10.1. The molecule has 1 atom stereocenters. The van der Waals surface area contributed by atoms with Gasteiger partial charge in [0.25, 0.3) is 0 Å². The van der Waals surface area contributed by atoms with Crippen LogP contribution in [0.15, 0.2) is 47.2 Å². The van der Waals surface area contributed by atoms with Crippen LogP contribution >= 0.6 is 11.3 Å². The molecule has 1 amide bonds. The van der Waals surface area contributed by atoms with Gasteiger partial charge in [0.2, 0.25) is 5.91 Å². The van der Waals surface area contributed by atoms with E-state index in [-0.39, 0.29) is 5.91 Å². The number of carbonyl (C=O) groups excluding carboxylic acids is 1. The molecular formula is C17H20N2OS. The summed E-state index contributed by atoms with van der Waals surface area (Å²) in [5.74, 6) is 0.0946. The molecule has 1 fully saturated rings. The van der Waals surface area contributed by atoms with E-state index in [4.69, 9.17) is 0 Å². The Bertz CT molecular complexity index is 568. The van der Waals surface area contributed by atoms with Crippen LogP contribution in [0.1, 0.15) is 30.9 Å². The number of thiophene rings is 1. The van der Waals surface area contributed by atoms with Crippen molar-refractivity contribution in [3.05, 3.63) is 52.7 Å². The highest BCUT2D eigenvalue weighted by molar-refractivity contribution is 7.07. The zero-order valence-electron chi connectivity index (χ0n) is 12.0. The number of hydrogen-bond acceptors (Lipinski definition) is 3. The summed E-state index contributed by atoms with van der Waals surface area (Å²) in [6.45, 7) is 1.93. The van der Waals surface area contributed by atoms with Gasteiger partial charge in [-0.2, -0.15) is 11.3 Å². The molecule has 1 aromatic heterocycles. The Labute approximate surface area is 129 Å². The number of para-hydroxylation sites is 1. The van der Waals surface area contributed by atoms with E-state index in [1.165, 1.54) is 18.4 Å². The maximum Gasteiger partial charge on any atom is 0.225 e. The molecule has 1 unspecified atom stereocenters. The Balaban J connectivity index is 1.51. The summed E-state index contributed by atoms with van der Waals surface area (Å²) in [5.41, 5.74) is 2.28. The maximum atomic E-state index is 12.0. The van der Waals surface area contributed by atoms with Gasteiger partial charge in [-0.15, -0.1) is 0 Å². The fraction of sp³-hybridized carbons (Fsp3) is 0.353. The molecule has 1 aliphatic rings. The first-order valence-electron chi connectivity index (χ1n) is 7.44. The molecule has 1 aromatic carbocycles. The Morgan fingerprint density at radius 3 is 2.90 bits per heavy atom. The fourth-order valence-electron chi connectivity index (χ4n) is 2.93. The van der Waals surface area contributed by atoms with Crippen LogP contribution in [0.2, 0.25) is 0 Å². The van der Waals surface area contributed by atoms with E-state index in [9.17, 15) is 4.79 Å². The van der Waals surface area contributed by atoms with Crippen LogP contribution in [0.5, 0.6) is 0 Å².